The fourth-order valence-electron chi connectivity index (χ4n) is 5.39. The van der Waals surface area contributed by atoms with Gasteiger partial charge in [0.2, 0.25) is 0 Å². The van der Waals surface area contributed by atoms with Gasteiger partial charge in [0.25, 0.3) is 0 Å². The Morgan fingerprint density at radius 3 is 2.05 bits per heavy atom. The lowest BCUT2D eigenvalue weighted by Gasteiger charge is -2.11. The van der Waals surface area contributed by atoms with Gasteiger partial charge in [0.1, 0.15) is 18.0 Å². The number of benzene rings is 2. The van der Waals surface area contributed by atoms with Gasteiger partial charge < -0.3 is 30.7 Å². The second-order valence-electron chi connectivity index (χ2n) is 10.1. The molecule has 2 aliphatic heterocycles. The number of hydrogen-bond donors (Lipinski definition) is 5. The van der Waals surface area contributed by atoms with Crippen LogP contribution in [0.15, 0.2) is 84.9 Å². The molecule has 0 spiro atoms. The van der Waals surface area contributed by atoms with Gasteiger partial charge in [-0.3, -0.25) is 4.98 Å². The van der Waals surface area contributed by atoms with Crippen molar-refractivity contribution < 1.29 is 14.9 Å². The summed E-state index contributed by atoms with van der Waals surface area (Å²) in [6.07, 6.45) is 1.59. The highest BCUT2D eigenvalue weighted by atomic mass is 16.5. The van der Waals surface area contributed by atoms with E-state index in [9.17, 15) is 10.2 Å². The summed E-state index contributed by atoms with van der Waals surface area (Å²) in [4.78, 5) is 16.6. The van der Waals surface area contributed by atoms with Crippen molar-refractivity contribution >= 4 is 39.9 Å². The van der Waals surface area contributed by atoms with E-state index < -0.39 is 12.2 Å². The van der Waals surface area contributed by atoms with Gasteiger partial charge in [-0.1, -0.05) is 24.3 Å². The maximum atomic E-state index is 11.2. The molecule has 8 bridgehead atoms. The number of rotatable bonds is 3. The number of hydrogen-bond acceptors (Lipinski definition) is 6. The van der Waals surface area contributed by atoms with Gasteiger partial charge in [-0.15, -0.1) is 0 Å². The van der Waals surface area contributed by atoms with E-state index in [1.54, 1.807) is 25.3 Å². The van der Waals surface area contributed by atoms with Crippen LogP contribution in [0.3, 0.4) is 0 Å². The molecule has 5 aromatic rings. The van der Waals surface area contributed by atoms with E-state index in [-0.39, 0.29) is 0 Å². The highest BCUT2D eigenvalue weighted by Crippen LogP contribution is 2.39. The Kier molecular flexibility index (Phi) is 5.92. The number of fused-ring (bicyclic) bond motifs is 8. The summed E-state index contributed by atoms with van der Waals surface area (Å²) >= 11 is 0. The van der Waals surface area contributed by atoms with Crippen molar-refractivity contribution in [3.63, 3.8) is 0 Å². The lowest BCUT2D eigenvalue weighted by molar-refractivity contribution is 0.0257. The number of nitrogens with zero attached hydrogens (tertiary/aromatic N) is 2. The molecule has 8 nitrogen and oxygen atoms in total. The number of nitrogens with one attached hydrogen (secondary N) is 2. The molecule has 0 aliphatic carbocycles. The predicted octanol–water partition coefficient (Wildman–Crippen LogP) is 6.18. The van der Waals surface area contributed by atoms with Crippen LogP contribution in [0.25, 0.3) is 56.5 Å². The third kappa shape index (κ3) is 4.45. The van der Waals surface area contributed by atoms with Crippen molar-refractivity contribution in [1.82, 2.24) is 19.9 Å². The first kappa shape index (κ1) is 24.8. The van der Waals surface area contributed by atoms with Gasteiger partial charge in [0, 0.05) is 38.9 Å². The third-order valence-corrected chi connectivity index (χ3v) is 7.45. The second kappa shape index (κ2) is 9.78. The molecule has 0 saturated heterocycles. The Hall–Kier alpha value is -5.18. The summed E-state index contributed by atoms with van der Waals surface area (Å²) < 4.78 is 5.36. The average molecular weight is 542 g/mol. The Morgan fingerprint density at radius 1 is 0.707 bits per heavy atom. The molecule has 2 aliphatic rings. The van der Waals surface area contributed by atoms with E-state index in [1.807, 2.05) is 78.9 Å². The van der Waals surface area contributed by atoms with Crippen LogP contribution in [0.2, 0.25) is 0 Å². The normalized spacial score (nSPS) is 16.2. The molecule has 8 heteroatoms. The topological polar surface area (TPSA) is 133 Å². The Labute approximate surface area is 235 Å². The molecule has 2 unspecified atom stereocenters. The smallest absolute Gasteiger partial charge is 0.128 e. The molecule has 6 N–H and O–H groups in total. The molecule has 7 rings (SSSR count). The molecule has 0 amide bonds. The van der Waals surface area contributed by atoms with Crippen LogP contribution < -0.4 is 10.5 Å². The molecule has 0 fully saturated rings. The first-order valence-corrected chi connectivity index (χ1v) is 13.3. The molecular formula is C33H27N5O3. The first-order valence-electron chi connectivity index (χ1n) is 13.3. The van der Waals surface area contributed by atoms with Gasteiger partial charge in [0.05, 0.1) is 29.9 Å². The Bertz CT molecular complexity index is 1970. The van der Waals surface area contributed by atoms with E-state index in [0.29, 0.717) is 22.6 Å². The maximum absolute atomic E-state index is 11.2. The number of ether oxygens (including phenoxy) is 1. The van der Waals surface area contributed by atoms with Crippen molar-refractivity contribution in [3.8, 4) is 28.0 Å². The lowest BCUT2D eigenvalue weighted by atomic mass is 9.99. The average Bonchev–Trinajstić information content (AvgIpc) is 3.79. The molecule has 41 heavy (non-hydrogen) atoms. The van der Waals surface area contributed by atoms with Gasteiger partial charge >= 0.3 is 0 Å². The summed E-state index contributed by atoms with van der Waals surface area (Å²) in [6, 6.07) is 26.8. The van der Waals surface area contributed by atoms with Crippen LogP contribution in [0.5, 0.6) is 5.75 Å². The van der Waals surface area contributed by atoms with Crippen molar-refractivity contribution in [2.24, 2.45) is 0 Å². The van der Waals surface area contributed by atoms with E-state index in [0.717, 1.165) is 55.9 Å². The zero-order valence-electron chi connectivity index (χ0n) is 22.2. The molecule has 5 heterocycles. The number of aromatic nitrogens is 4. The summed E-state index contributed by atoms with van der Waals surface area (Å²) in [7, 11) is 1.64. The van der Waals surface area contributed by atoms with Gasteiger partial charge in [-0.2, -0.15) is 0 Å². The molecule has 3 aromatic heterocycles. The minimum atomic E-state index is -1.21. The molecule has 202 valence electrons. The number of methoxy groups -OCH3 is 1. The second-order valence-corrected chi connectivity index (χ2v) is 10.1. The van der Waals surface area contributed by atoms with Crippen LogP contribution in [0.1, 0.15) is 35.0 Å². The van der Waals surface area contributed by atoms with E-state index >= 15 is 0 Å². The van der Waals surface area contributed by atoms with Crippen molar-refractivity contribution in [2.45, 2.75) is 12.2 Å². The fraction of sp³-hybridized carbons (Fsp3) is 0.0909. The number of aromatic amines is 2. The lowest BCUT2D eigenvalue weighted by Crippen LogP contribution is -2.04. The van der Waals surface area contributed by atoms with Crippen LogP contribution in [0, 0.1) is 0 Å². The number of H-pyrrole nitrogens is 2. The SMILES string of the molecule is COc1ccc(-c2c3nc(cc4ccc([nH]4)c(-c4ccc(N)cc4)c4nc(cc5ccc2[nH]5)C(O)C4O)C=C3)cc1. The Morgan fingerprint density at radius 2 is 1.34 bits per heavy atom. The van der Waals surface area contributed by atoms with Gasteiger partial charge in [0.15, 0.2) is 0 Å². The van der Waals surface area contributed by atoms with E-state index in [4.69, 9.17) is 20.4 Å². The first-order chi connectivity index (χ1) is 20.0. The molecule has 2 atom stereocenters. The number of aliphatic hydroxyl groups excluding tert-OH is 2. The number of aliphatic hydroxyl groups is 2. The summed E-state index contributed by atoms with van der Waals surface area (Å²) in [5, 5.41) is 22.3. The molecule has 0 saturated carbocycles. The van der Waals surface area contributed by atoms with Crippen LogP contribution >= 0.6 is 0 Å². The number of nitrogen functional groups attached to an aromatic ring is 1. The van der Waals surface area contributed by atoms with Crippen molar-refractivity contribution in [2.75, 3.05) is 12.8 Å². The van der Waals surface area contributed by atoms with Crippen LogP contribution in [-0.4, -0.2) is 37.3 Å². The summed E-state index contributed by atoms with van der Waals surface area (Å²) in [5.41, 5.74) is 15.5. The minimum Gasteiger partial charge on any atom is -0.497 e. The fourth-order valence-corrected chi connectivity index (χ4v) is 5.39. The predicted molar refractivity (Wildman–Crippen MR) is 162 cm³/mol. The number of nitrogens with two attached hydrogens (primary N) is 1. The Balaban J connectivity index is 1.56. The summed E-state index contributed by atoms with van der Waals surface area (Å²) in [5.74, 6) is 0.768. The summed E-state index contributed by atoms with van der Waals surface area (Å²) in [6.45, 7) is 0. The highest BCUT2D eigenvalue weighted by Gasteiger charge is 2.31. The zero-order chi connectivity index (χ0) is 28.1. The van der Waals surface area contributed by atoms with Crippen molar-refractivity contribution in [1.29, 1.82) is 0 Å². The monoisotopic (exact) mass is 541 g/mol. The largest absolute Gasteiger partial charge is 0.497 e. The van der Waals surface area contributed by atoms with E-state index in [2.05, 4.69) is 9.97 Å². The standard InChI is InChI=1S/C33H27N5O3/c1-41-24-11-4-18(5-12-24)29-25-13-8-21(35-25)16-22-9-15-27(36-22)30(19-2-6-20(34)7-3-19)31-33(40)32(39)28(38-31)17-23-10-14-26(29)37-23/h2-17,32-33,36-37,39-40H,34H2,1H3. The molecule has 2 aromatic carbocycles. The minimum absolute atomic E-state index is 0.360. The maximum Gasteiger partial charge on any atom is 0.128 e. The van der Waals surface area contributed by atoms with E-state index in [1.165, 1.54) is 0 Å². The number of anilines is 1. The van der Waals surface area contributed by atoms with Gasteiger partial charge in [-0.05, 0) is 83.9 Å². The molecule has 0 radical (unpaired) electrons. The zero-order valence-corrected chi connectivity index (χ0v) is 22.2. The molecular weight excluding hydrogens is 514 g/mol. The van der Waals surface area contributed by atoms with Crippen LogP contribution in [0.4, 0.5) is 5.69 Å². The van der Waals surface area contributed by atoms with Crippen LogP contribution in [-0.2, 0) is 0 Å². The van der Waals surface area contributed by atoms with Gasteiger partial charge in [-0.25, -0.2) is 4.98 Å². The quantitative estimate of drug-likeness (QED) is 0.170. The van der Waals surface area contributed by atoms with Crippen molar-refractivity contribution in [3.05, 3.63) is 108 Å². The highest BCUT2D eigenvalue weighted by molar-refractivity contribution is 5.91. The third-order valence-electron chi connectivity index (χ3n) is 7.45.